The van der Waals surface area contributed by atoms with Crippen molar-refractivity contribution in [3.8, 4) is 0 Å². The molecule has 0 aliphatic heterocycles. The molecule has 0 spiro atoms. The van der Waals surface area contributed by atoms with Gasteiger partial charge in [0, 0.05) is 24.5 Å². The van der Waals surface area contributed by atoms with Gasteiger partial charge in [0.05, 0.1) is 10.6 Å². The molecular weight excluding hydrogens is 321 g/mol. The molecule has 7 heteroatoms. The Morgan fingerprint density at radius 2 is 2.10 bits per heavy atom. The third-order valence-corrected chi connectivity index (χ3v) is 3.04. The van der Waals surface area contributed by atoms with Gasteiger partial charge >= 0.3 is 0 Å². The van der Waals surface area contributed by atoms with Crippen molar-refractivity contribution in [2.45, 2.75) is 32.7 Å². The molecule has 3 N–H and O–H groups in total. The fourth-order valence-electron chi connectivity index (χ4n) is 1.99. The predicted octanol–water partition coefficient (Wildman–Crippen LogP) is 3.07. The van der Waals surface area contributed by atoms with Crippen LogP contribution in [0.25, 0.3) is 0 Å². The summed E-state index contributed by atoms with van der Waals surface area (Å²) in [6.45, 7) is 6.53. The van der Waals surface area contributed by atoms with Gasteiger partial charge in [-0.15, -0.1) is 24.8 Å². The second-order valence-electron chi connectivity index (χ2n) is 5.17. The first-order chi connectivity index (χ1) is 8.38. The lowest BCUT2D eigenvalue weighted by atomic mass is 9.90. The first-order valence-corrected chi connectivity index (χ1v) is 6.38. The lowest BCUT2D eigenvalue weighted by Crippen LogP contribution is -2.52. The van der Waals surface area contributed by atoms with E-state index in [1.807, 2.05) is 6.92 Å². The van der Waals surface area contributed by atoms with Crippen LogP contribution < -0.4 is 11.1 Å². The summed E-state index contributed by atoms with van der Waals surface area (Å²) < 4.78 is 0. The molecule has 0 radical (unpaired) electrons. The topological polar surface area (TPSA) is 68.0 Å². The highest BCUT2D eigenvalue weighted by Gasteiger charge is 2.26. The zero-order valence-electron chi connectivity index (χ0n) is 11.9. The fourth-order valence-corrected chi connectivity index (χ4v) is 2.19. The van der Waals surface area contributed by atoms with Crippen molar-refractivity contribution in [2.24, 2.45) is 11.7 Å². The van der Waals surface area contributed by atoms with E-state index in [0.29, 0.717) is 23.0 Å². The molecule has 1 heterocycles. The average Bonchev–Trinajstić information content (AvgIpc) is 2.28. The molecular formula is C13H22Cl3N3O. The summed E-state index contributed by atoms with van der Waals surface area (Å²) in [5.74, 6) is 0.239. The SMILES string of the molecule is CC(C)CC(C)(CN)NC(=O)c1ccncc1Cl.Cl.Cl. The Kier molecular flexibility index (Phi) is 10.2. The van der Waals surface area contributed by atoms with Gasteiger partial charge in [-0.25, -0.2) is 0 Å². The predicted molar refractivity (Wildman–Crippen MR) is 88.1 cm³/mol. The van der Waals surface area contributed by atoms with Crippen molar-refractivity contribution in [3.05, 3.63) is 29.0 Å². The number of halogens is 3. The van der Waals surface area contributed by atoms with E-state index >= 15 is 0 Å². The minimum absolute atomic E-state index is 0. The van der Waals surface area contributed by atoms with E-state index in [0.717, 1.165) is 6.42 Å². The Morgan fingerprint density at radius 1 is 1.50 bits per heavy atom. The van der Waals surface area contributed by atoms with E-state index in [2.05, 4.69) is 24.1 Å². The quantitative estimate of drug-likeness (QED) is 0.864. The lowest BCUT2D eigenvalue weighted by molar-refractivity contribution is 0.0898. The second kappa shape index (κ2) is 9.40. The third-order valence-electron chi connectivity index (χ3n) is 2.74. The Balaban J connectivity index is 0. The number of pyridine rings is 1. The smallest absolute Gasteiger partial charge is 0.253 e. The second-order valence-corrected chi connectivity index (χ2v) is 5.58. The van der Waals surface area contributed by atoms with E-state index < -0.39 is 5.54 Å². The van der Waals surface area contributed by atoms with Gasteiger partial charge in [0.15, 0.2) is 0 Å². The number of hydrogen-bond donors (Lipinski definition) is 2. The molecule has 0 bridgehead atoms. The van der Waals surface area contributed by atoms with Crippen LogP contribution in [0.4, 0.5) is 0 Å². The lowest BCUT2D eigenvalue weighted by Gasteiger charge is -2.31. The zero-order chi connectivity index (χ0) is 13.8. The standard InChI is InChI=1S/C13H20ClN3O.2ClH/c1-9(2)6-13(3,8-15)17-12(18)10-4-5-16-7-11(10)14;;/h4-5,7,9H,6,8,15H2,1-3H3,(H,17,18);2*1H. The van der Waals surface area contributed by atoms with Crippen LogP contribution in [0.1, 0.15) is 37.6 Å². The molecule has 0 fully saturated rings. The van der Waals surface area contributed by atoms with Crippen LogP contribution in [-0.4, -0.2) is 23.0 Å². The van der Waals surface area contributed by atoms with Crippen LogP contribution in [0.15, 0.2) is 18.5 Å². The first-order valence-electron chi connectivity index (χ1n) is 6.00. The highest BCUT2D eigenvalue weighted by atomic mass is 35.5. The average molecular weight is 343 g/mol. The highest BCUT2D eigenvalue weighted by Crippen LogP contribution is 2.18. The zero-order valence-corrected chi connectivity index (χ0v) is 14.2. The number of rotatable bonds is 5. The van der Waals surface area contributed by atoms with Crippen molar-refractivity contribution in [2.75, 3.05) is 6.54 Å². The fraction of sp³-hybridized carbons (Fsp3) is 0.538. The van der Waals surface area contributed by atoms with Gasteiger partial charge < -0.3 is 11.1 Å². The molecule has 1 unspecified atom stereocenters. The monoisotopic (exact) mass is 341 g/mol. The van der Waals surface area contributed by atoms with Crippen molar-refractivity contribution < 1.29 is 4.79 Å². The summed E-state index contributed by atoms with van der Waals surface area (Å²) in [5.41, 5.74) is 5.77. The van der Waals surface area contributed by atoms with Crippen LogP contribution in [-0.2, 0) is 0 Å². The van der Waals surface area contributed by atoms with Crippen LogP contribution >= 0.6 is 36.4 Å². The van der Waals surface area contributed by atoms with Gasteiger partial charge in [-0.3, -0.25) is 9.78 Å². The maximum absolute atomic E-state index is 12.1. The molecule has 0 aliphatic carbocycles. The number of carbonyl (C=O) groups excluding carboxylic acids is 1. The molecule has 1 aromatic rings. The normalized spacial score (nSPS) is 12.9. The third kappa shape index (κ3) is 6.27. The van der Waals surface area contributed by atoms with Gasteiger partial charge in [0.1, 0.15) is 0 Å². The summed E-state index contributed by atoms with van der Waals surface area (Å²) in [7, 11) is 0. The number of nitrogens with two attached hydrogens (primary N) is 1. The Hall–Kier alpha value is -0.550. The van der Waals surface area contributed by atoms with E-state index in [4.69, 9.17) is 17.3 Å². The number of amides is 1. The number of nitrogens with zero attached hydrogens (tertiary/aromatic N) is 1. The van der Waals surface area contributed by atoms with Crippen LogP contribution in [0.2, 0.25) is 5.02 Å². The number of hydrogen-bond acceptors (Lipinski definition) is 3. The van der Waals surface area contributed by atoms with Crippen molar-refractivity contribution in [1.82, 2.24) is 10.3 Å². The molecule has 0 saturated carbocycles. The molecule has 1 amide bonds. The van der Waals surface area contributed by atoms with Gasteiger partial charge in [0.25, 0.3) is 5.91 Å². The minimum Gasteiger partial charge on any atom is -0.346 e. The van der Waals surface area contributed by atoms with Gasteiger partial charge in [-0.05, 0) is 25.3 Å². The first kappa shape index (κ1) is 21.7. The van der Waals surface area contributed by atoms with Crippen molar-refractivity contribution in [1.29, 1.82) is 0 Å². The summed E-state index contributed by atoms with van der Waals surface area (Å²) in [5, 5.41) is 3.30. The summed E-state index contributed by atoms with van der Waals surface area (Å²) >= 11 is 5.94. The minimum atomic E-state index is -0.419. The van der Waals surface area contributed by atoms with Gasteiger partial charge in [-0.1, -0.05) is 25.4 Å². The van der Waals surface area contributed by atoms with Crippen LogP contribution in [0.5, 0.6) is 0 Å². The Labute approximate surface area is 137 Å². The van der Waals surface area contributed by atoms with E-state index in [1.54, 1.807) is 12.3 Å². The molecule has 1 aromatic heterocycles. The molecule has 1 atom stereocenters. The highest BCUT2D eigenvalue weighted by molar-refractivity contribution is 6.33. The molecule has 4 nitrogen and oxygen atoms in total. The van der Waals surface area contributed by atoms with Gasteiger partial charge in [0.2, 0.25) is 0 Å². The van der Waals surface area contributed by atoms with Crippen molar-refractivity contribution >= 4 is 42.3 Å². The Bertz CT molecular complexity index is 429. The maximum atomic E-state index is 12.1. The van der Waals surface area contributed by atoms with E-state index in [9.17, 15) is 4.79 Å². The number of carbonyl (C=O) groups is 1. The van der Waals surface area contributed by atoms with Crippen molar-refractivity contribution in [3.63, 3.8) is 0 Å². The van der Waals surface area contributed by atoms with Crippen LogP contribution in [0.3, 0.4) is 0 Å². The molecule has 0 saturated heterocycles. The molecule has 1 rings (SSSR count). The van der Waals surface area contributed by atoms with Crippen LogP contribution in [0, 0.1) is 5.92 Å². The van der Waals surface area contributed by atoms with Gasteiger partial charge in [-0.2, -0.15) is 0 Å². The summed E-state index contributed by atoms with van der Waals surface area (Å²) in [6, 6.07) is 1.60. The largest absolute Gasteiger partial charge is 0.346 e. The Morgan fingerprint density at radius 3 is 2.55 bits per heavy atom. The molecule has 0 aromatic carbocycles. The number of nitrogens with one attached hydrogen (secondary N) is 1. The maximum Gasteiger partial charge on any atom is 0.253 e. The molecule has 20 heavy (non-hydrogen) atoms. The summed E-state index contributed by atoms with van der Waals surface area (Å²) in [6.07, 6.45) is 3.82. The molecule has 0 aliphatic rings. The van der Waals surface area contributed by atoms with E-state index in [1.165, 1.54) is 6.20 Å². The van der Waals surface area contributed by atoms with E-state index in [-0.39, 0.29) is 30.7 Å². The molecule has 116 valence electrons. The summed E-state index contributed by atoms with van der Waals surface area (Å²) in [4.78, 5) is 16.0. The number of aromatic nitrogens is 1.